The van der Waals surface area contributed by atoms with Gasteiger partial charge in [0.2, 0.25) is 0 Å². The lowest BCUT2D eigenvalue weighted by Gasteiger charge is -2.26. The molecule has 0 fully saturated rings. The van der Waals surface area contributed by atoms with E-state index in [1.807, 2.05) is 12.1 Å². The molecule has 6 heteroatoms. The number of hydrogen-bond acceptors (Lipinski definition) is 4. The maximum absolute atomic E-state index is 9.97. The van der Waals surface area contributed by atoms with E-state index in [1.54, 1.807) is 24.3 Å². The molecule has 22 heavy (non-hydrogen) atoms. The maximum Gasteiger partial charge on any atom is 0.171 e. The molecule has 3 rings (SSSR count). The molecule has 0 bridgehead atoms. The van der Waals surface area contributed by atoms with Gasteiger partial charge in [-0.2, -0.15) is 0 Å². The van der Waals surface area contributed by atoms with Gasteiger partial charge in [0.25, 0.3) is 0 Å². The number of para-hydroxylation sites is 1. The maximum atomic E-state index is 9.97. The first-order valence-electron chi connectivity index (χ1n) is 6.64. The zero-order chi connectivity index (χ0) is 15.7. The molecule has 5 N–H and O–H groups in total. The number of phenols is 3. The predicted molar refractivity (Wildman–Crippen MR) is 87.5 cm³/mol. The highest BCUT2D eigenvalue weighted by atomic mass is 32.1. The van der Waals surface area contributed by atoms with Gasteiger partial charge in [0, 0.05) is 11.3 Å². The Kier molecular flexibility index (Phi) is 3.60. The van der Waals surface area contributed by atoms with Crippen LogP contribution in [0.1, 0.15) is 17.2 Å². The third-order valence-electron chi connectivity index (χ3n) is 3.42. The van der Waals surface area contributed by atoms with E-state index >= 15 is 0 Å². The molecule has 0 spiro atoms. The summed E-state index contributed by atoms with van der Waals surface area (Å²) in [5, 5.41) is 35.5. The molecule has 2 aromatic rings. The average molecular weight is 314 g/mol. The molecule has 1 atom stereocenters. The van der Waals surface area contributed by atoms with Crippen molar-refractivity contribution in [1.29, 1.82) is 0 Å². The summed E-state index contributed by atoms with van der Waals surface area (Å²) in [5.41, 5.74) is 2.06. The molecule has 1 heterocycles. The minimum absolute atomic E-state index is 0.151. The number of nitrogens with one attached hydrogen (secondary N) is 2. The fourth-order valence-corrected chi connectivity index (χ4v) is 2.56. The van der Waals surface area contributed by atoms with Crippen LogP contribution in [0.25, 0.3) is 5.70 Å². The molecule has 0 aliphatic carbocycles. The van der Waals surface area contributed by atoms with E-state index in [9.17, 15) is 15.3 Å². The Morgan fingerprint density at radius 2 is 1.68 bits per heavy atom. The minimum Gasteiger partial charge on any atom is -0.507 e. The van der Waals surface area contributed by atoms with Crippen LogP contribution in [0, 0.1) is 0 Å². The van der Waals surface area contributed by atoms with E-state index < -0.39 is 0 Å². The molecule has 0 saturated heterocycles. The van der Waals surface area contributed by atoms with Gasteiger partial charge in [-0.15, -0.1) is 0 Å². The van der Waals surface area contributed by atoms with E-state index in [4.69, 9.17) is 12.2 Å². The van der Waals surface area contributed by atoms with Crippen LogP contribution in [0.4, 0.5) is 0 Å². The van der Waals surface area contributed by atoms with Crippen molar-refractivity contribution in [2.75, 3.05) is 0 Å². The van der Waals surface area contributed by atoms with Crippen molar-refractivity contribution in [3.63, 3.8) is 0 Å². The molecule has 112 valence electrons. The topological polar surface area (TPSA) is 84.8 Å². The van der Waals surface area contributed by atoms with Gasteiger partial charge in [-0.25, -0.2) is 0 Å². The lowest BCUT2D eigenvalue weighted by molar-refractivity contribution is 0.403. The van der Waals surface area contributed by atoms with E-state index in [1.165, 1.54) is 12.1 Å². The summed E-state index contributed by atoms with van der Waals surface area (Å²) in [4.78, 5) is 0. The zero-order valence-corrected chi connectivity index (χ0v) is 12.3. The highest BCUT2D eigenvalue weighted by molar-refractivity contribution is 7.80. The molecule has 1 unspecified atom stereocenters. The summed E-state index contributed by atoms with van der Waals surface area (Å²) >= 11 is 5.21. The van der Waals surface area contributed by atoms with Gasteiger partial charge < -0.3 is 26.0 Å². The summed E-state index contributed by atoms with van der Waals surface area (Å²) in [6.45, 7) is 0. The van der Waals surface area contributed by atoms with Crippen LogP contribution in [0.3, 0.4) is 0 Å². The van der Waals surface area contributed by atoms with Crippen LogP contribution in [-0.2, 0) is 0 Å². The van der Waals surface area contributed by atoms with E-state index in [2.05, 4.69) is 10.6 Å². The fraction of sp³-hybridized carbons (Fsp3) is 0.0625. The summed E-state index contributed by atoms with van der Waals surface area (Å²) in [7, 11) is 0. The predicted octanol–water partition coefficient (Wildman–Crippen LogP) is 2.36. The smallest absolute Gasteiger partial charge is 0.171 e. The molecule has 0 amide bonds. The molecular formula is C16H14N2O3S. The van der Waals surface area contributed by atoms with Gasteiger partial charge in [0.05, 0.1) is 6.04 Å². The third kappa shape index (κ3) is 2.68. The van der Waals surface area contributed by atoms with Gasteiger partial charge >= 0.3 is 0 Å². The number of aromatic hydroxyl groups is 3. The number of benzene rings is 2. The highest BCUT2D eigenvalue weighted by Gasteiger charge is 2.20. The van der Waals surface area contributed by atoms with E-state index in [-0.39, 0.29) is 23.3 Å². The first-order chi connectivity index (χ1) is 10.5. The van der Waals surface area contributed by atoms with Gasteiger partial charge in [0.15, 0.2) is 16.6 Å². The Hall–Kier alpha value is -2.73. The molecule has 1 aliphatic rings. The second-order valence-electron chi connectivity index (χ2n) is 4.92. The van der Waals surface area contributed by atoms with Crippen LogP contribution in [0.5, 0.6) is 17.2 Å². The minimum atomic E-state index is -0.283. The van der Waals surface area contributed by atoms with Gasteiger partial charge in [-0.1, -0.05) is 18.2 Å². The lowest BCUT2D eigenvalue weighted by Crippen LogP contribution is -2.40. The fourth-order valence-electron chi connectivity index (χ4n) is 2.32. The van der Waals surface area contributed by atoms with Crippen molar-refractivity contribution in [2.24, 2.45) is 0 Å². The molecule has 0 aromatic heterocycles. The van der Waals surface area contributed by atoms with Crippen molar-refractivity contribution in [1.82, 2.24) is 10.6 Å². The van der Waals surface area contributed by atoms with Crippen molar-refractivity contribution < 1.29 is 15.3 Å². The van der Waals surface area contributed by atoms with Gasteiger partial charge in [0.1, 0.15) is 5.75 Å². The Morgan fingerprint density at radius 1 is 0.909 bits per heavy atom. The van der Waals surface area contributed by atoms with Crippen molar-refractivity contribution >= 4 is 23.0 Å². The van der Waals surface area contributed by atoms with Crippen molar-refractivity contribution in [3.05, 3.63) is 59.7 Å². The first-order valence-corrected chi connectivity index (χ1v) is 7.05. The molecule has 5 nitrogen and oxygen atoms in total. The van der Waals surface area contributed by atoms with Crippen LogP contribution in [0.15, 0.2) is 48.5 Å². The lowest BCUT2D eigenvalue weighted by atomic mass is 10.0. The average Bonchev–Trinajstić information content (AvgIpc) is 2.50. The Balaban J connectivity index is 2.01. The second-order valence-corrected chi connectivity index (χ2v) is 5.33. The van der Waals surface area contributed by atoms with Crippen LogP contribution in [-0.4, -0.2) is 20.4 Å². The normalized spacial score (nSPS) is 17.4. The highest BCUT2D eigenvalue weighted by Crippen LogP contribution is 2.32. The first kappa shape index (κ1) is 14.2. The summed E-state index contributed by atoms with van der Waals surface area (Å²) < 4.78 is 0. The second kappa shape index (κ2) is 5.57. The molecule has 0 radical (unpaired) electrons. The number of thiocarbonyl (C=S) groups is 1. The summed E-state index contributed by atoms with van der Waals surface area (Å²) in [6.07, 6.45) is 1.86. The van der Waals surface area contributed by atoms with Gasteiger partial charge in [-0.05, 0) is 48.1 Å². The molecule has 0 saturated carbocycles. The summed E-state index contributed by atoms with van der Waals surface area (Å²) in [6, 6.07) is 11.3. The van der Waals surface area contributed by atoms with Crippen LogP contribution < -0.4 is 10.6 Å². The SMILES string of the molecule is Oc1ccc(C2C=C(c3ccccc3O)NC(=S)N2)cc1O. The Morgan fingerprint density at radius 3 is 2.41 bits per heavy atom. The Labute approximate surface area is 132 Å². The van der Waals surface area contributed by atoms with E-state index in [0.29, 0.717) is 16.4 Å². The number of rotatable bonds is 2. The number of hydrogen-bond donors (Lipinski definition) is 5. The molecular weight excluding hydrogens is 300 g/mol. The standard InChI is InChI=1S/C16H14N2O3S/c19-13-4-2-1-3-10(13)12-8-11(17-16(22)18-12)9-5-6-14(20)15(21)7-9/h1-8,11,19-21H,(H2,17,18,22). The van der Waals surface area contributed by atoms with Crippen molar-refractivity contribution in [2.45, 2.75) is 6.04 Å². The number of phenolic OH excluding ortho intramolecular Hbond substituents is 3. The van der Waals surface area contributed by atoms with E-state index in [0.717, 1.165) is 5.56 Å². The van der Waals surface area contributed by atoms with Crippen LogP contribution >= 0.6 is 12.2 Å². The Bertz CT molecular complexity index is 774. The van der Waals surface area contributed by atoms with Gasteiger partial charge in [-0.3, -0.25) is 0 Å². The quantitative estimate of drug-likeness (QED) is 0.432. The zero-order valence-electron chi connectivity index (χ0n) is 11.4. The van der Waals surface area contributed by atoms with Crippen molar-refractivity contribution in [3.8, 4) is 17.2 Å². The largest absolute Gasteiger partial charge is 0.507 e. The molecule has 2 aromatic carbocycles. The third-order valence-corrected chi connectivity index (χ3v) is 3.64. The van der Waals surface area contributed by atoms with Crippen LogP contribution in [0.2, 0.25) is 0 Å². The monoisotopic (exact) mass is 314 g/mol. The molecule has 1 aliphatic heterocycles. The summed E-state index contributed by atoms with van der Waals surface area (Å²) in [5.74, 6) is -0.218.